The van der Waals surface area contributed by atoms with E-state index >= 15 is 0 Å². The summed E-state index contributed by atoms with van der Waals surface area (Å²) >= 11 is 0. The Kier molecular flexibility index (Phi) is 4.02. The molecule has 1 unspecified atom stereocenters. The first-order chi connectivity index (χ1) is 9.39. The number of fused-ring (bicyclic) bond motifs is 1. The number of anilines is 1. The molecule has 0 saturated carbocycles. The number of carbonyl (C=O) groups is 1. The maximum atomic E-state index is 12.9. The average molecular weight is 299 g/mol. The molecule has 20 heavy (non-hydrogen) atoms. The zero-order valence-corrected chi connectivity index (χ0v) is 12.6. The second-order valence-corrected chi connectivity index (χ2v) is 6.67. The van der Waals surface area contributed by atoms with Gasteiger partial charge >= 0.3 is 7.60 Å². The van der Waals surface area contributed by atoms with Crippen molar-refractivity contribution in [2.75, 3.05) is 18.5 Å². The van der Waals surface area contributed by atoms with Crippen molar-refractivity contribution in [1.82, 2.24) is 0 Å². The van der Waals surface area contributed by atoms with E-state index in [1.807, 2.05) is 6.92 Å². The highest BCUT2D eigenvalue weighted by Gasteiger charge is 2.61. The van der Waals surface area contributed by atoms with Gasteiger partial charge in [-0.25, -0.2) is 0 Å². The van der Waals surface area contributed by atoms with Gasteiger partial charge in [0, 0.05) is 11.3 Å². The quantitative estimate of drug-likeness (QED) is 0.815. The molecule has 1 aliphatic rings. The molecule has 0 spiro atoms. The third-order valence-corrected chi connectivity index (χ3v) is 5.54. The number of amides is 1. The molecule has 0 aromatic heterocycles. The van der Waals surface area contributed by atoms with Crippen LogP contribution in [0.1, 0.15) is 25.0 Å². The van der Waals surface area contributed by atoms with Crippen molar-refractivity contribution < 1.29 is 23.5 Å². The normalized spacial score (nSPS) is 21.7. The minimum Gasteiger partial charge on any atom is -0.366 e. The van der Waals surface area contributed by atoms with Gasteiger partial charge in [0.1, 0.15) is 0 Å². The Balaban J connectivity index is 2.61. The summed E-state index contributed by atoms with van der Waals surface area (Å²) in [6.07, 6.45) is 0. The summed E-state index contributed by atoms with van der Waals surface area (Å²) in [7, 11) is -4.04. The highest BCUT2D eigenvalue weighted by atomic mass is 31.2. The monoisotopic (exact) mass is 299 g/mol. The first kappa shape index (κ1) is 15.2. The van der Waals surface area contributed by atoms with Gasteiger partial charge in [0.25, 0.3) is 11.2 Å². The standard InChI is InChI=1S/C13H18NO5P/c1-4-18-20(17,19-5-2)13(16)10-8-9(3)6-7-11(10)14-12(13)15/h6-8,16H,4-5H2,1-3H3,(H,14,15). The molecule has 0 aliphatic carbocycles. The van der Waals surface area contributed by atoms with Gasteiger partial charge in [0.05, 0.1) is 13.2 Å². The van der Waals surface area contributed by atoms with Gasteiger partial charge < -0.3 is 19.5 Å². The predicted octanol–water partition coefficient (Wildman–Crippen LogP) is 2.36. The summed E-state index contributed by atoms with van der Waals surface area (Å²) in [6, 6.07) is 5.05. The highest BCUT2D eigenvalue weighted by Crippen LogP contribution is 2.66. The Labute approximate surface area is 117 Å². The molecule has 1 atom stereocenters. The molecular weight excluding hydrogens is 281 g/mol. The lowest BCUT2D eigenvalue weighted by atomic mass is 10.1. The molecule has 0 radical (unpaired) electrons. The summed E-state index contributed by atoms with van der Waals surface area (Å²) in [5, 5.41) is 11.0. The average Bonchev–Trinajstić information content (AvgIpc) is 2.64. The molecule has 0 saturated heterocycles. The lowest BCUT2D eigenvalue weighted by Gasteiger charge is -2.29. The molecule has 1 heterocycles. The molecule has 0 fully saturated rings. The molecular formula is C13H18NO5P. The first-order valence-corrected chi connectivity index (χ1v) is 7.97. The molecule has 0 bridgehead atoms. The number of carbonyl (C=O) groups excluding carboxylic acids is 1. The topological polar surface area (TPSA) is 84.9 Å². The molecule has 1 amide bonds. The number of hydrogen-bond acceptors (Lipinski definition) is 5. The Morgan fingerprint density at radius 1 is 1.30 bits per heavy atom. The van der Waals surface area contributed by atoms with E-state index in [0.29, 0.717) is 5.69 Å². The molecule has 1 aliphatic heterocycles. The van der Waals surface area contributed by atoms with Crippen LogP contribution in [0.3, 0.4) is 0 Å². The third-order valence-electron chi connectivity index (χ3n) is 3.11. The second-order valence-electron chi connectivity index (χ2n) is 4.51. The van der Waals surface area contributed by atoms with Crippen LogP contribution in [-0.2, 0) is 23.7 Å². The summed E-state index contributed by atoms with van der Waals surface area (Å²) in [5.74, 6) is -0.789. The molecule has 6 nitrogen and oxygen atoms in total. The van der Waals surface area contributed by atoms with Crippen LogP contribution in [-0.4, -0.2) is 24.2 Å². The van der Waals surface area contributed by atoms with Gasteiger partial charge in [-0.3, -0.25) is 9.36 Å². The number of benzene rings is 1. The minimum atomic E-state index is -4.04. The molecule has 2 rings (SSSR count). The van der Waals surface area contributed by atoms with Gasteiger partial charge in [-0.1, -0.05) is 11.6 Å². The fourth-order valence-electron chi connectivity index (χ4n) is 2.22. The van der Waals surface area contributed by atoms with E-state index in [1.165, 1.54) is 0 Å². The minimum absolute atomic E-state index is 0.0635. The lowest BCUT2D eigenvalue weighted by molar-refractivity contribution is -0.128. The summed E-state index contributed by atoms with van der Waals surface area (Å²) in [4.78, 5) is 12.2. The largest absolute Gasteiger partial charge is 0.376 e. The summed E-state index contributed by atoms with van der Waals surface area (Å²) in [5.41, 5.74) is 1.48. The van der Waals surface area contributed by atoms with Crippen LogP contribution in [0.15, 0.2) is 18.2 Å². The van der Waals surface area contributed by atoms with Gasteiger partial charge in [-0.2, -0.15) is 0 Å². The zero-order valence-electron chi connectivity index (χ0n) is 11.7. The van der Waals surface area contributed by atoms with E-state index in [1.54, 1.807) is 32.0 Å². The zero-order chi connectivity index (χ0) is 15.0. The Morgan fingerprint density at radius 2 is 1.90 bits per heavy atom. The lowest BCUT2D eigenvalue weighted by Crippen LogP contribution is -2.35. The fourth-order valence-corrected chi connectivity index (χ4v) is 4.14. The summed E-state index contributed by atoms with van der Waals surface area (Å²) in [6.45, 7) is 5.19. The van der Waals surface area contributed by atoms with Crippen LogP contribution in [0.2, 0.25) is 0 Å². The Bertz CT molecular complexity index is 578. The molecule has 110 valence electrons. The van der Waals surface area contributed by atoms with Crippen molar-refractivity contribution in [3.63, 3.8) is 0 Å². The Hall–Kier alpha value is -1.20. The number of hydrogen-bond donors (Lipinski definition) is 2. The van der Waals surface area contributed by atoms with Crippen molar-refractivity contribution in [2.45, 2.75) is 26.1 Å². The smallest absolute Gasteiger partial charge is 0.366 e. The van der Waals surface area contributed by atoms with E-state index in [-0.39, 0.29) is 18.8 Å². The van der Waals surface area contributed by atoms with E-state index in [2.05, 4.69) is 5.32 Å². The third kappa shape index (κ3) is 2.09. The van der Waals surface area contributed by atoms with Gasteiger partial charge in [-0.15, -0.1) is 0 Å². The first-order valence-electron chi connectivity index (χ1n) is 6.43. The highest BCUT2D eigenvalue weighted by molar-refractivity contribution is 7.56. The number of aliphatic hydroxyl groups is 1. The van der Waals surface area contributed by atoms with E-state index < -0.39 is 18.8 Å². The predicted molar refractivity (Wildman–Crippen MR) is 74.6 cm³/mol. The van der Waals surface area contributed by atoms with Crippen LogP contribution in [0, 0.1) is 6.92 Å². The number of rotatable bonds is 5. The van der Waals surface area contributed by atoms with E-state index in [4.69, 9.17) is 9.05 Å². The van der Waals surface area contributed by atoms with E-state index in [0.717, 1.165) is 5.56 Å². The molecule has 7 heteroatoms. The van der Waals surface area contributed by atoms with Crippen molar-refractivity contribution >= 4 is 19.2 Å². The molecule has 1 aromatic rings. The van der Waals surface area contributed by atoms with Crippen LogP contribution >= 0.6 is 7.60 Å². The second kappa shape index (κ2) is 5.30. The maximum absolute atomic E-state index is 12.9. The fraction of sp³-hybridized carbons (Fsp3) is 0.462. The SMILES string of the molecule is CCOP(=O)(OCC)C1(O)C(=O)Nc2ccc(C)cc21. The molecule has 2 N–H and O–H groups in total. The van der Waals surface area contributed by atoms with Crippen LogP contribution in [0.4, 0.5) is 5.69 Å². The van der Waals surface area contributed by atoms with Gasteiger partial charge in [0.2, 0.25) is 0 Å². The van der Waals surface area contributed by atoms with E-state index in [9.17, 15) is 14.5 Å². The van der Waals surface area contributed by atoms with Crippen LogP contribution in [0.25, 0.3) is 0 Å². The van der Waals surface area contributed by atoms with Crippen molar-refractivity contribution in [1.29, 1.82) is 0 Å². The Morgan fingerprint density at radius 3 is 2.45 bits per heavy atom. The van der Waals surface area contributed by atoms with Gasteiger partial charge in [-0.05, 0) is 32.9 Å². The summed E-state index contributed by atoms with van der Waals surface area (Å²) < 4.78 is 23.2. The maximum Gasteiger partial charge on any atom is 0.376 e. The van der Waals surface area contributed by atoms with Crippen molar-refractivity contribution in [3.8, 4) is 0 Å². The number of aryl methyl sites for hydroxylation is 1. The van der Waals surface area contributed by atoms with Crippen LogP contribution in [0.5, 0.6) is 0 Å². The van der Waals surface area contributed by atoms with Crippen molar-refractivity contribution in [2.24, 2.45) is 0 Å². The number of nitrogens with one attached hydrogen (secondary N) is 1. The van der Waals surface area contributed by atoms with Gasteiger partial charge in [0.15, 0.2) is 0 Å². The van der Waals surface area contributed by atoms with Crippen LogP contribution < -0.4 is 5.32 Å². The van der Waals surface area contributed by atoms with Crippen molar-refractivity contribution in [3.05, 3.63) is 29.3 Å². The molecule has 1 aromatic carbocycles.